The maximum absolute atomic E-state index is 13.2. The lowest BCUT2D eigenvalue weighted by Crippen LogP contribution is -2.18. The zero-order chi connectivity index (χ0) is 14.1. The Morgan fingerprint density at radius 1 is 1.10 bits per heavy atom. The van der Waals surface area contributed by atoms with E-state index in [-0.39, 0.29) is 11.9 Å². The van der Waals surface area contributed by atoms with E-state index < -0.39 is 0 Å². The van der Waals surface area contributed by atoms with Crippen LogP contribution >= 0.6 is 11.6 Å². The van der Waals surface area contributed by atoms with Crippen LogP contribution < -0.4 is 5.32 Å². The smallest absolute Gasteiger partial charge is 0.124 e. The lowest BCUT2D eigenvalue weighted by molar-refractivity contribution is 0.623. The van der Waals surface area contributed by atoms with Gasteiger partial charge in [0.2, 0.25) is 0 Å². The molecule has 1 unspecified atom stereocenters. The van der Waals surface area contributed by atoms with E-state index in [1.807, 2.05) is 7.05 Å². The number of nitrogens with one attached hydrogen (secondary N) is 1. The van der Waals surface area contributed by atoms with E-state index in [1.165, 1.54) is 41.7 Å². The second-order valence-electron chi connectivity index (χ2n) is 5.27. The molecule has 0 saturated heterocycles. The Balaban J connectivity index is 2.01. The van der Waals surface area contributed by atoms with Crippen LogP contribution in [0, 0.1) is 5.82 Å². The van der Waals surface area contributed by atoms with E-state index in [0.29, 0.717) is 5.02 Å². The molecule has 3 rings (SSSR count). The molecule has 0 aliphatic heterocycles. The van der Waals surface area contributed by atoms with Gasteiger partial charge in [-0.1, -0.05) is 35.9 Å². The lowest BCUT2D eigenvalue weighted by atomic mass is 9.95. The predicted octanol–water partition coefficient (Wildman–Crippen LogP) is 4.28. The standard InChI is InChI=1S/C17H17ClFN/c1-20-17(15-8-7-14(19)10-16(15)18)13-6-5-11-3-2-4-12(11)9-13/h5-10,17,20H,2-4H2,1H3. The minimum absolute atomic E-state index is 0.00556. The van der Waals surface area contributed by atoms with Gasteiger partial charge in [-0.15, -0.1) is 0 Å². The van der Waals surface area contributed by atoms with Gasteiger partial charge < -0.3 is 5.32 Å². The third-order valence-electron chi connectivity index (χ3n) is 4.02. The van der Waals surface area contributed by atoms with Crippen molar-refractivity contribution in [2.75, 3.05) is 7.05 Å². The fourth-order valence-electron chi connectivity index (χ4n) is 3.01. The summed E-state index contributed by atoms with van der Waals surface area (Å²) in [6, 6.07) is 11.2. The first-order valence-electron chi connectivity index (χ1n) is 6.93. The molecule has 1 atom stereocenters. The van der Waals surface area contributed by atoms with Gasteiger partial charge in [0, 0.05) is 5.02 Å². The average Bonchev–Trinajstić information content (AvgIpc) is 2.89. The number of hydrogen-bond acceptors (Lipinski definition) is 1. The molecule has 104 valence electrons. The molecule has 0 saturated carbocycles. The molecule has 2 aromatic carbocycles. The maximum Gasteiger partial charge on any atom is 0.124 e. The van der Waals surface area contributed by atoms with Gasteiger partial charge in [0.1, 0.15) is 5.82 Å². The molecule has 20 heavy (non-hydrogen) atoms. The predicted molar refractivity (Wildman–Crippen MR) is 80.8 cm³/mol. The number of aryl methyl sites for hydroxylation is 2. The summed E-state index contributed by atoms with van der Waals surface area (Å²) in [5.41, 5.74) is 4.98. The minimum atomic E-state index is -0.303. The highest BCUT2D eigenvalue weighted by Gasteiger charge is 2.18. The number of halogens is 2. The van der Waals surface area contributed by atoms with Crippen molar-refractivity contribution in [2.24, 2.45) is 0 Å². The lowest BCUT2D eigenvalue weighted by Gasteiger charge is -2.19. The Morgan fingerprint density at radius 3 is 2.65 bits per heavy atom. The third-order valence-corrected chi connectivity index (χ3v) is 4.35. The molecular formula is C17H17ClFN. The Bertz CT molecular complexity index is 639. The van der Waals surface area contributed by atoms with Gasteiger partial charge in [-0.3, -0.25) is 0 Å². The van der Waals surface area contributed by atoms with Crippen LogP contribution in [0.25, 0.3) is 0 Å². The molecule has 0 heterocycles. The summed E-state index contributed by atoms with van der Waals surface area (Å²) < 4.78 is 13.2. The van der Waals surface area contributed by atoms with Crippen LogP contribution in [0.4, 0.5) is 4.39 Å². The second-order valence-corrected chi connectivity index (χ2v) is 5.68. The number of benzene rings is 2. The Labute approximate surface area is 123 Å². The summed E-state index contributed by atoms with van der Waals surface area (Å²) in [6.45, 7) is 0. The fraction of sp³-hybridized carbons (Fsp3) is 0.294. The Morgan fingerprint density at radius 2 is 1.90 bits per heavy atom. The van der Waals surface area contributed by atoms with E-state index in [9.17, 15) is 4.39 Å². The molecule has 0 bridgehead atoms. The van der Waals surface area contributed by atoms with Crippen LogP contribution in [0.3, 0.4) is 0 Å². The molecule has 1 N–H and O–H groups in total. The van der Waals surface area contributed by atoms with E-state index in [0.717, 1.165) is 12.0 Å². The summed E-state index contributed by atoms with van der Waals surface area (Å²) in [6.07, 6.45) is 3.56. The van der Waals surface area contributed by atoms with Crippen molar-refractivity contribution in [3.05, 3.63) is 69.5 Å². The number of rotatable bonds is 3. The van der Waals surface area contributed by atoms with Crippen LogP contribution in [-0.4, -0.2) is 7.05 Å². The van der Waals surface area contributed by atoms with E-state index in [2.05, 4.69) is 23.5 Å². The third kappa shape index (κ3) is 2.46. The normalized spacial score (nSPS) is 15.2. The monoisotopic (exact) mass is 289 g/mol. The van der Waals surface area contributed by atoms with Gasteiger partial charge in [-0.05, 0) is 60.7 Å². The van der Waals surface area contributed by atoms with Crippen molar-refractivity contribution in [3.8, 4) is 0 Å². The summed E-state index contributed by atoms with van der Waals surface area (Å²) in [4.78, 5) is 0. The van der Waals surface area contributed by atoms with E-state index >= 15 is 0 Å². The zero-order valence-corrected chi connectivity index (χ0v) is 12.2. The highest BCUT2D eigenvalue weighted by molar-refractivity contribution is 6.31. The first-order chi connectivity index (χ1) is 9.69. The molecule has 0 fully saturated rings. The molecule has 1 aliphatic carbocycles. The maximum atomic E-state index is 13.2. The first kappa shape index (κ1) is 13.6. The molecule has 0 aromatic heterocycles. The second kappa shape index (κ2) is 5.55. The van der Waals surface area contributed by atoms with Crippen LogP contribution in [0.5, 0.6) is 0 Å². The van der Waals surface area contributed by atoms with Gasteiger partial charge in [-0.2, -0.15) is 0 Å². The van der Waals surface area contributed by atoms with Crippen molar-refractivity contribution in [1.82, 2.24) is 5.32 Å². The molecule has 0 radical (unpaired) electrons. The van der Waals surface area contributed by atoms with Crippen LogP contribution in [0.1, 0.15) is 34.7 Å². The summed E-state index contributed by atoms with van der Waals surface area (Å²) >= 11 is 6.19. The molecule has 0 amide bonds. The van der Waals surface area contributed by atoms with Gasteiger partial charge in [0.05, 0.1) is 6.04 Å². The summed E-state index contributed by atoms with van der Waals surface area (Å²) in [5, 5.41) is 3.74. The molecular weight excluding hydrogens is 273 g/mol. The molecule has 2 aromatic rings. The van der Waals surface area contributed by atoms with Crippen LogP contribution in [0.15, 0.2) is 36.4 Å². The molecule has 1 aliphatic rings. The van der Waals surface area contributed by atoms with Crippen LogP contribution in [-0.2, 0) is 12.8 Å². The van der Waals surface area contributed by atoms with Crippen molar-refractivity contribution >= 4 is 11.6 Å². The number of fused-ring (bicyclic) bond motifs is 1. The Hall–Kier alpha value is -1.38. The molecule has 1 nitrogen and oxygen atoms in total. The summed E-state index contributed by atoms with van der Waals surface area (Å²) in [7, 11) is 1.90. The zero-order valence-electron chi connectivity index (χ0n) is 11.4. The minimum Gasteiger partial charge on any atom is -0.309 e. The van der Waals surface area contributed by atoms with Crippen LogP contribution in [0.2, 0.25) is 5.02 Å². The quantitative estimate of drug-likeness (QED) is 0.889. The number of hydrogen-bond donors (Lipinski definition) is 1. The topological polar surface area (TPSA) is 12.0 Å². The fourth-order valence-corrected chi connectivity index (χ4v) is 3.28. The van der Waals surface area contributed by atoms with Gasteiger partial charge in [0.25, 0.3) is 0 Å². The average molecular weight is 290 g/mol. The van der Waals surface area contributed by atoms with E-state index in [1.54, 1.807) is 6.07 Å². The van der Waals surface area contributed by atoms with Crippen molar-refractivity contribution < 1.29 is 4.39 Å². The van der Waals surface area contributed by atoms with Crippen molar-refractivity contribution in [1.29, 1.82) is 0 Å². The van der Waals surface area contributed by atoms with Gasteiger partial charge in [0.15, 0.2) is 0 Å². The highest BCUT2D eigenvalue weighted by Crippen LogP contribution is 2.31. The Kier molecular flexibility index (Phi) is 3.77. The van der Waals surface area contributed by atoms with Gasteiger partial charge >= 0.3 is 0 Å². The van der Waals surface area contributed by atoms with E-state index in [4.69, 9.17) is 11.6 Å². The molecule has 0 spiro atoms. The van der Waals surface area contributed by atoms with Crippen molar-refractivity contribution in [2.45, 2.75) is 25.3 Å². The highest BCUT2D eigenvalue weighted by atomic mass is 35.5. The first-order valence-corrected chi connectivity index (χ1v) is 7.31. The molecule has 3 heteroatoms. The van der Waals surface area contributed by atoms with Crippen molar-refractivity contribution in [3.63, 3.8) is 0 Å². The summed E-state index contributed by atoms with van der Waals surface area (Å²) in [5.74, 6) is -0.303. The van der Waals surface area contributed by atoms with Gasteiger partial charge in [-0.25, -0.2) is 4.39 Å². The SMILES string of the molecule is CNC(c1ccc2c(c1)CCC2)c1ccc(F)cc1Cl. The largest absolute Gasteiger partial charge is 0.309 e.